The fraction of sp³-hybridized carbons (Fsp3) is 0.500. The van der Waals surface area contributed by atoms with Gasteiger partial charge in [0.1, 0.15) is 11.6 Å². The predicted molar refractivity (Wildman–Crippen MR) is 88.7 cm³/mol. The molecule has 0 bridgehead atoms. The number of pyridine rings is 1. The molecular formula is C18H22N4O. The van der Waals surface area contributed by atoms with Crippen molar-refractivity contribution in [1.82, 2.24) is 15.0 Å². The molecule has 1 saturated carbocycles. The Morgan fingerprint density at radius 2 is 2.04 bits per heavy atom. The molecule has 120 valence electrons. The number of ether oxygens (including phenoxy) is 1. The first kappa shape index (κ1) is 14.4. The van der Waals surface area contributed by atoms with Crippen LogP contribution in [0.25, 0.3) is 0 Å². The lowest BCUT2D eigenvalue weighted by Crippen LogP contribution is -2.38. The number of piperidine rings is 1. The van der Waals surface area contributed by atoms with E-state index in [1.54, 1.807) is 6.20 Å². The summed E-state index contributed by atoms with van der Waals surface area (Å²) in [4.78, 5) is 15.8. The Morgan fingerprint density at radius 1 is 1.09 bits per heavy atom. The highest BCUT2D eigenvalue weighted by Crippen LogP contribution is 2.38. The summed E-state index contributed by atoms with van der Waals surface area (Å²) in [7, 11) is 0. The Morgan fingerprint density at radius 3 is 2.87 bits per heavy atom. The van der Waals surface area contributed by atoms with Crippen molar-refractivity contribution in [3.63, 3.8) is 0 Å². The highest BCUT2D eigenvalue weighted by atomic mass is 16.5. The summed E-state index contributed by atoms with van der Waals surface area (Å²) in [5, 5.41) is 0. The van der Waals surface area contributed by atoms with E-state index in [-0.39, 0.29) is 0 Å². The van der Waals surface area contributed by atoms with Gasteiger partial charge in [-0.25, -0.2) is 15.0 Å². The Balaban J connectivity index is 1.37. The molecule has 5 nitrogen and oxygen atoms in total. The maximum atomic E-state index is 5.83. The second kappa shape index (κ2) is 6.52. The lowest BCUT2D eigenvalue weighted by Gasteiger charge is -2.33. The van der Waals surface area contributed by atoms with E-state index in [1.165, 1.54) is 25.7 Å². The highest BCUT2D eigenvalue weighted by molar-refractivity contribution is 5.38. The molecule has 0 aromatic carbocycles. The van der Waals surface area contributed by atoms with Gasteiger partial charge in [-0.15, -0.1) is 0 Å². The molecule has 3 heterocycles. The monoisotopic (exact) mass is 310 g/mol. The molecule has 23 heavy (non-hydrogen) atoms. The van der Waals surface area contributed by atoms with Gasteiger partial charge in [0.25, 0.3) is 0 Å². The van der Waals surface area contributed by atoms with Gasteiger partial charge in [0.05, 0.1) is 6.61 Å². The molecule has 4 rings (SSSR count). The van der Waals surface area contributed by atoms with E-state index in [0.29, 0.717) is 24.3 Å². The van der Waals surface area contributed by atoms with Gasteiger partial charge in [-0.2, -0.15) is 0 Å². The molecule has 2 aliphatic rings. The molecule has 0 N–H and O–H groups in total. The molecule has 1 unspecified atom stereocenters. The van der Waals surface area contributed by atoms with E-state index >= 15 is 0 Å². The Kier molecular flexibility index (Phi) is 4.09. The number of hydrogen-bond donors (Lipinski definition) is 0. The third kappa shape index (κ3) is 3.60. The number of hydrogen-bond acceptors (Lipinski definition) is 5. The van der Waals surface area contributed by atoms with E-state index in [0.717, 1.165) is 24.7 Å². The van der Waals surface area contributed by atoms with Crippen LogP contribution in [0.4, 0.5) is 5.82 Å². The Labute approximate surface area is 136 Å². The molecule has 5 heteroatoms. The third-order valence-electron chi connectivity index (χ3n) is 4.55. The smallest absolute Gasteiger partial charge is 0.213 e. The largest absolute Gasteiger partial charge is 0.477 e. The average molecular weight is 310 g/mol. The molecule has 1 aliphatic carbocycles. The van der Waals surface area contributed by atoms with Crippen LogP contribution >= 0.6 is 0 Å². The zero-order chi connectivity index (χ0) is 15.5. The second-order valence-corrected chi connectivity index (χ2v) is 6.48. The minimum Gasteiger partial charge on any atom is -0.477 e. The van der Waals surface area contributed by atoms with Gasteiger partial charge in [-0.05, 0) is 37.8 Å². The summed E-state index contributed by atoms with van der Waals surface area (Å²) >= 11 is 0. The van der Waals surface area contributed by atoms with Crippen molar-refractivity contribution >= 4 is 5.82 Å². The quantitative estimate of drug-likeness (QED) is 0.849. The Bertz CT molecular complexity index is 644. The van der Waals surface area contributed by atoms with E-state index in [9.17, 15) is 0 Å². The highest BCUT2D eigenvalue weighted by Gasteiger charge is 2.28. The van der Waals surface area contributed by atoms with Crippen LogP contribution in [-0.2, 0) is 0 Å². The van der Waals surface area contributed by atoms with Crippen molar-refractivity contribution < 1.29 is 4.74 Å². The van der Waals surface area contributed by atoms with Gasteiger partial charge in [-0.3, -0.25) is 0 Å². The van der Waals surface area contributed by atoms with Crippen molar-refractivity contribution in [1.29, 1.82) is 0 Å². The van der Waals surface area contributed by atoms with Crippen LogP contribution in [0, 0.1) is 5.92 Å². The summed E-state index contributed by atoms with van der Waals surface area (Å²) in [6.45, 7) is 2.78. The molecule has 2 fully saturated rings. The third-order valence-corrected chi connectivity index (χ3v) is 4.55. The van der Waals surface area contributed by atoms with Crippen molar-refractivity contribution in [2.45, 2.75) is 31.6 Å². The first-order valence-corrected chi connectivity index (χ1v) is 8.50. The van der Waals surface area contributed by atoms with Crippen LogP contribution in [-0.4, -0.2) is 34.6 Å². The molecule has 1 atom stereocenters. The molecule has 2 aromatic heterocycles. The van der Waals surface area contributed by atoms with E-state index in [2.05, 4.69) is 14.9 Å². The minimum atomic E-state index is 0.519. The van der Waals surface area contributed by atoms with Crippen LogP contribution in [0.1, 0.15) is 37.4 Å². The zero-order valence-corrected chi connectivity index (χ0v) is 13.3. The summed E-state index contributed by atoms with van der Waals surface area (Å²) in [5.41, 5.74) is 0. The van der Waals surface area contributed by atoms with Crippen LogP contribution in [0.2, 0.25) is 0 Å². The molecule has 0 radical (unpaired) electrons. The molecule has 1 saturated heterocycles. The molecule has 2 aromatic rings. The number of anilines is 1. The van der Waals surface area contributed by atoms with E-state index in [1.807, 2.05) is 30.5 Å². The SMILES string of the molecule is c1ccc(OCC2CCCN(c3ccnc(C4CC4)n3)C2)nc1. The fourth-order valence-electron chi connectivity index (χ4n) is 3.12. The van der Waals surface area contributed by atoms with Crippen molar-refractivity contribution in [3.8, 4) is 5.88 Å². The number of nitrogens with zero attached hydrogens (tertiary/aromatic N) is 4. The number of rotatable bonds is 5. The summed E-state index contributed by atoms with van der Waals surface area (Å²) in [6, 6.07) is 7.80. The molecular weight excluding hydrogens is 288 g/mol. The summed E-state index contributed by atoms with van der Waals surface area (Å²) < 4.78 is 5.83. The zero-order valence-electron chi connectivity index (χ0n) is 13.3. The maximum Gasteiger partial charge on any atom is 0.213 e. The van der Waals surface area contributed by atoms with E-state index < -0.39 is 0 Å². The Hall–Kier alpha value is -2.17. The maximum absolute atomic E-state index is 5.83. The van der Waals surface area contributed by atoms with Gasteiger partial charge in [0, 0.05) is 43.4 Å². The van der Waals surface area contributed by atoms with Gasteiger partial charge in [0.15, 0.2) is 0 Å². The molecule has 0 spiro atoms. The first-order chi connectivity index (χ1) is 11.4. The van der Waals surface area contributed by atoms with Crippen LogP contribution in [0.15, 0.2) is 36.7 Å². The van der Waals surface area contributed by atoms with Crippen molar-refractivity contribution in [2.75, 3.05) is 24.6 Å². The van der Waals surface area contributed by atoms with Crippen LogP contribution in [0.5, 0.6) is 5.88 Å². The van der Waals surface area contributed by atoms with Crippen molar-refractivity contribution in [3.05, 3.63) is 42.5 Å². The first-order valence-electron chi connectivity index (χ1n) is 8.50. The predicted octanol–water partition coefficient (Wildman–Crippen LogP) is 3.04. The number of aromatic nitrogens is 3. The lowest BCUT2D eigenvalue weighted by molar-refractivity contribution is 0.221. The molecule has 1 aliphatic heterocycles. The van der Waals surface area contributed by atoms with E-state index in [4.69, 9.17) is 9.72 Å². The fourth-order valence-corrected chi connectivity index (χ4v) is 3.12. The van der Waals surface area contributed by atoms with Gasteiger partial charge in [0.2, 0.25) is 5.88 Å². The van der Waals surface area contributed by atoms with Crippen LogP contribution < -0.4 is 9.64 Å². The van der Waals surface area contributed by atoms with Crippen LogP contribution in [0.3, 0.4) is 0 Å². The normalized spacial score (nSPS) is 21.2. The average Bonchev–Trinajstić information content (AvgIpc) is 3.46. The van der Waals surface area contributed by atoms with Crippen molar-refractivity contribution in [2.24, 2.45) is 5.92 Å². The summed E-state index contributed by atoms with van der Waals surface area (Å²) in [5.74, 6) is 3.93. The van der Waals surface area contributed by atoms with Gasteiger partial charge < -0.3 is 9.64 Å². The minimum absolute atomic E-state index is 0.519. The topological polar surface area (TPSA) is 51.1 Å². The second-order valence-electron chi connectivity index (χ2n) is 6.48. The molecule has 0 amide bonds. The van der Waals surface area contributed by atoms with Gasteiger partial charge in [-0.1, -0.05) is 6.07 Å². The standard InChI is InChI=1S/C18H22N4O/c1-2-9-19-17(5-1)23-13-14-4-3-11-22(12-14)16-8-10-20-18(21-16)15-6-7-15/h1-2,5,8-10,14-15H,3-4,6-7,11-13H2. The van der Waals surface area contributed by atoms with Gasteiger partial charge >= 0.3 is 0 Å². The summed E-state index contributed by atoms with van der Waals surface area (Å²) in [6.07, 6.45) is 8.53. The lowest BCUT2D eigenvalue weighted by atomic mass is 9.99.